The highest BCUT2D eigenvalue weighted by Gasteiger charge is 2.02. The molecule has 2 rings (SSSR count). The Hall–Kier alpha value is -1.22. The third-order valence-electron chi connectivity index (χ3n) is 2.58. The largest absolute Gasteiger partial charge is 0.398 e. The Balaban J connectivity index is 1.96. The maximum Gasteiger partial charge on any atom is 0.0741 e. The van der Waals surface area contributed by atoms with Gasteiger partial charge in [-0.3, -0.25) is 0 Å². The minimum absolute atomic E-state index is 0.414. The van der Waals surface area contributed by atoms with Crippen molar-refractivity contribution in [1.29, 1.82) is 0 Å². The zero-order valence-electron chi connectivity index (χ0n) is 9.70. The summed E-state index contributed by atoms with van der Waals surface area (Å²) in [6.45, 7) is 0.864. The smallest absolute Gasteiger partial charge is 0.0741 e. The summed E-state index contributed by atoms with van der Waals surface area (Å²) in [6.07, 6.45) is 0. The number of nitrogen functional groups attached to an aromatic ring is 1. The molecule has 94 valence electrons. The van der Waals surface area contributed by atoms with E-state index >= 15 is 0 Å². The molecule has 0 saturated carbocycles. The summed E-state index contributed by atoms with van der Waals surface area (Å²) in [7, 11) is 0. The fraction of sp³-hybridized carbons (Fsp3) is 0.143. The average Bonchev–Trinajstić information content (AvgIpc) is 2.36. The van der Waals surface area contributed by atoms with Crippen LogP contribution in [-0.4, -0.2) is 0 Å². The number of anilines is 1. The van der Waals surface area contributed by atoms with Gasteiger partial charge in [0.2, 0.25) is 0 Å². The number of benzene rings is 2. The zero-order valence-corrected chi connectivity index (χ0v) is 11.2. The third kappa shape index (κ3) is 3.39. The predicted molar refractivity (Wildman–Crippen MR) is 75.8 cm³/mol. The van der Waals surface area contributed by atoms with Crippen LogP contribution in [0.15, 0.2) is 42.5 Å². The Labute approximate surface area is 116 Å². The van der Waals surface area contributed by atoms with Crippen LogP contribution in [0.3, 0.4) is 0 Å². The molecule has 0 aromatic heterocycles. The van der Waals surface area contributed by atoms with Crippen LogP contribution in [0, 0.1) is 0 Å². The summed E-state index contributed by atoms with van der Waals surface area (Å²) >= 11 is 11.9. The summed E-state index contributed by atoms with van der Waals surface area (Å²) in [5.41, 5.74) is 8.36. The second kappa shape index (κ2) is 6.10. The number of hydrogen-bond donors (Lipinski definition) is 1. The van der Waals surface area contributed by atoms with Crippen LogP contribution in [0.2, 0.25) is 10.0 Å². The van der Waals surface area contributed by atoms with E-state index in [9.17, 15) is 0 Å². The average molecular weight is 282 g/mol. The minimum Gasteiger partial charge on any atom is -0.398 e. The molecule has 2 aromatic carbocycles. The summed E-state index contributed by atoms with van der Waals surface area (Å²) in [5.74, 6) is 0. The van der Waals surface area contributed by atoms with Gasteiger partial charge in [-0.25, -0.2) is 0 Å². The second-order valence-corrected chi connectivity index (χ2v) is 4.77. The molecule has 0 amide bonds. The Kier molecular flexibility index (Phi) is 4.48. The highest BCUT2D eigenvalue weighted by atomic mass is 35.5. The van der Waals surface area contributed by atoms with E-state index in [-0.39, 0.29) is 0 Å². The van der Waals surface area contributed by atoms with E-state index in [2.05, 4.69) is 0 Å². The predicted octanol–water partition coefficient (Wildman–Crippen LogP) is 4.29. The Morgan fingerprint density at radius 3 is 2.44 bits per heavy atom. The number of ether oxygens (including phenoxy) is 1. The first-order chi connectivity index (χ1) is 8.66. The first-order valence-electron chi connectivity index (χ1n) is 5.52. The van der Waals surface area contributed by atoms with Crippen LogP contribution in [0.5, 0.6) is 0 Å². The van der Waals surface area contributed by atoms with Gasteiger partial charge in [0.25, 0.3) is 0 Å². The quantitative estimate of drug-likeness (QED) is 0.849. The van der Waals surface area contributed by atoms with Crippen molar-refractivity contribution in [2.45, 2.75) is 13.2 Å². The molecule has 2 N–H and O–H groups in total. The fourth-order valence-corrected chi connectivity index (χ4v) is 1.97. The number of halogens is 2. The van der Waals surface area contributed by atoms with Crippen LogP contribution < -0.4 is 5.73 Å². The van der Waals surface area contributed by atoms with Crippen molar-refractivity contribution < 1.29 is 4.74 Å². The standard InChI is InChI=1S/C14H13Cl2NO/c15-12-5-6-14(17)11(7-12)9-18-8-10-3-1-2-4-13(10)16/h1-7H,8-9,17H2. The van der Waals surface area contributed by atoms with E-state index in [1.54, 1.807) is 12.1 Å². The SMILES string of the molecule is Nc1ccc(Cl)cc1COCc1ccccc1Cl. The molecular formula is C14H13Cl2NO. The van der Waals surface area contributed by atoms with Gasteiger partial charge >= 0.3 is 0 Å². The van der Waals surface area contributed by atoms with Crippen molar-refractivity contribution in [2.75, 3.05) is 5.73 Å². The van der Waals surface area contributed by atoms with Crippen molar-refractivity contribution in [1.82, 2.24) is 0 Å². The lowest BCUT2D eigenvalue weighted by Crippen LogP contribution is -1.99. The van der Waals surface area contributed by atoms with Crippen LogP contribution in [0.1, 0.15) is 11.1 Å². The van der Waals surface area contributed by atoms with Gasteiger partial charge in [-0.1, -0.05) is 41.4 Å². The van der Waals surface area contributed by atoms with Gasteiger partial charge in [0.05, 0.1) is 13.2 Å². The van der Waals surface area contributed by atoms with Crippen LogP contribution >= 0.6 is 23.2 Å². The molecule has 0 aliphatic rings. The molecule has 0 unspecified atom stereocenters. The molecule has 2 aromatic rings. The molecule has 18 heavy (non-hydrogen) atoms. The second-order valence-electron chi connectivity index (χ2n) is 3.93. The topological polar surface area (TPSA) is 35.2 Å². The van der Waals surface area contributed by atoms with Crippen LogP contribution in [0.4, 0.5) is 5.69 Å². The lowest BCUT2D eigenvalue weighted by atomic mass is 10.2. The van der Waals surface area contributed by atoms with Crippen molar-refractivity contribution in [2.24, 2.45) is 0 Å². The minimum atomic E-state index is 0.414. The molecule has 0 heterocycles. The van der Waals surface area contributed by atoms with Crippen molar-refractivity contribution in [3.8, 4) is 0 Å². The van der Waals surface area contributed by atoms with Crippen LogP contribution in [0.25, 0.3) is 0 Å². The molecule has 0 spiro atoms. The molecular weight excluding hydrogens is 269 g/mol. The molecule has 0 bridgehead atoms. The fourth-order valence-electron chi connectivity index (χ4n) is 1.59. The third-order valence-corrected chi connectivity index (χ3v) is 3.18. The van der Waals surface area contributed by atoms with Gasteiger partial charge < -0.3 is 10.5 Å². The summed E-state index contributed by atoms with van der Waals surface area (Å²) in [5, 5.41) is 1.36. The maximum atomic E-state index is 6.04. The molecule has 0 atom stereocenters. The van der Waals surface area contributed by atoms with E-state index < -0.39 is 0 Å². The molecule has 0 aliphatic carbocycles. The Morgan fingerprint density at radius 1 is 0.944 bits per heavy atom. The van der Waals surface area contributed by atoms with E-state index in [0.717, 1.165) is 11.1 Å². The van der Waals surface area contributed by atoms with Crippen molar-refractivity contribution in [3.05, 3.63) is 63.6 Å². The van der Waals surface area contributed by atoms with E-state index in [1.165, 1.54) is 0 Å². The number of hydrogen-bond acceptors (Lipinski definition) is 2. The summed E-state index contributed by atoms with van der Waals surface area (Å²) < 4.78 is 5.60. The van der Waals surface area contributed by atoms with Gasteiger partial charge in [-0.15, -0.1) is 0 Å². The molecule has 0 aliphatic heterocycles. The van der Waals surface area contributed by atoms with Gasteiger partial charge in [0.1, 0.15) is 0 Å². The molecule has 0 saturated heterocycles. The number of nitrogens with two attached hydrogens (primary N) is 1. The van der Waals surface area contributed by atoms with Crippen LogP contribution in [-0.2, 0) is 18.0 Å². The highest BCUT2D eigenvalue weighted by Crippen LogP contribution is 2.20. The van der Waals surface area contributed by atoms with E-state index in [1.807, 2.05) is 30.3 Å². The van der Waals surface area contributed by atoms with Gasteiger partial charge in [0, 0.05) is 21.3 Å². The molecule has 0 radical (unpaired) electrons. The lowest BCUT2D eigenvalue weighted by molar-refractivity contribution is 0.107. The van der Waals surface area contributed by atoms with E-state index in [4.69, 9.17) is 33.7 Å². The molecule has 4 heteroatoms. The van der Waals surface area contributed by atoms with Gasteiger partial charge in [0.15, 0.2) is 0 Å². The highest BCUT2D eigenvalue weighted by molar-refractivity contribution is 6.31. The first-order valence-corrected chi connectivity index (χ1v) is 6.27. The maximum absolute atomic E-state index is 6.04. The monoisotopic (exact) mass is 281 g/mol. The normalized spacial score (nSPS) is 10.6. The first kappa shape index (κ1) is 13.2. The summed E-state index contributed by atoms with van der Waals surface area (Å²) in [6, 6.07) is 12.9. The Bertz CT molecular complexity index is 543. The Morgan fingerprint density at radius 2 is 1.67 bits per heavy atom. The van der Waals surface area contributed by atoms with Gasteiger partial charge in [-0.05, 0) is 29.8 Å². The van der Waals surface area contributed by atoms with E-state index in [0.29, 0.717) is 28.9 Å². The van der Waals surface area contributed by atoms with Gasteiger partial charge in [-0.2, -0.15) is 0 Å². The number of rotatable bonds is 4. The lowest BCUT2D eigenvalue weighted by Gasteiger charge is -2.08. The van der Waals surface area contributed by atoms with Crippen molar-refractivity contribution >= 4 is 28.9 Å². The zero-order chi connectivity index (χ0) is 13.0. The molecule has 0 fully saturated rings. The van der Waals surface area contributed by atoms with Crippen molar-refractivity contribution in [3.63, 3.8) is 0 Å². The molecule has 2 nitrogen and oxygen atoms in total. The summed E-state index contributed by atoms with van der Waals surface area (Å²) in [4.78, 5) is 0.